The van der Waals surface area contributed by atoms with Crippen molar-refractivity contribution in [1.29, 1.82) is 0 Å². The molecule has 98 valence electrons. The summed E-state index contributed by atoms with van der Waals surface area (Å²) in [6, 6.07) is 7.62. The molecule has 0 bridgehead atoms. The van der Waals surface area contributed by atoms with Gasteiger partial charge in [-0.1, -0.05) is 25.1 Å². The summed E-state index contributed by atoms with van der Waals surface area (Å²) in [6.07, 6.45) is 2.47. The lowest BCUT2D eigenvalue weighted by Gasteiger charge is -2.12. The van der Waals surface area contributed by atoms with E-state index in [9.17, 15) is 4.79 Å². The number of benzene rings is 1. The van der Waals surface area contributed by atoms with Crippen molar-refractivity contribution < 1.29 is 4.79 Å². The summed E-state index contributed by atoms with van der Waals surface area (Å²) in [5, 5.41) is 2.94. The third-order valence-corrected chi connectivity index (χ3v) is 2.99. The fourth-order valence-electron chi connectivity index (χ4n) is 1.96. The van der Waals surface area contributed by atoms with Crippen LogP contribution in [0.2, 0.25) is 0 Å². The minimum absolute atomic E-state index is 0.200. The minimum Gasteiger partial charge on any atom is -0.320 e. The van der Waals surface area contributed by atoms with E-state index >= 15 is 0 Å². The lowest BCUT2D eigenvalue weighted by Crippen LogP contribution is -2.16. The molecule has 0 spiro atoms. The minimum atomic E-state index is -0.200. The van der Waals surface area contributed by atoms with Crippen LogP contribution >= 0.6 is 0 Å². The number of rotatable bonds is 3. The van der Waals surface area contributed by atoms with Gasteiger partial charge in [-0.05, 0) is 37.5 Å². The molecule has 1 N–H and O–H groups in total. The Hall–Kier alpha value is -2.23. The molecule has 1 amide bonds. The summed E-state index contributed by atoms with van der Waals surface area (Å²) in [7, 11) is 0. The molecule has 1 aromatic heterocycles. The quantitative estimate of drug-likeness (QED) is 0.917. The van der Waals surface area contributed by atoms with E-state index in [0.717, 1.165) is 23.2 Å². The van der Waals surface area contributed by atoms with Gasteiger partial charge in [0.05, 0.1) is 0 Å². The number of hydrogen-bond acceptors (Lipinski definition) is 3. The number of carbonyl (C=O) groups is 1. The van der Waals surface area contributed by atoms with Crippen LogP contribution in [0.4, 0.5) is 5.69 Å². The monoisotopic (exact) mass is 255 g/mol. The van der Waals surface area contributed by atoms with E-state index < -0.39 is 0 Å². The van der Waals surface area contributed by atoms with Crippen LogP contribution in [0.25, 0.3) is 0 Å². The molecular formula is C15H17N3O. The van der Waals surface area contributed by atoms with E-state index in [1.807, 2.05) is 25.1 Å². The van der Waals surface area contributed by atoms with E-state index in [2.05, 4.69) is 22.2 Å². The Balaban J connectivity index is 2.29. The van der Waals surface area contributed by atoms with Gasteiger partial charge in [0, 0.05) is 11.9 Å². The van der Waals surface area contributed by atoms with Gasteiger partial charge >= 0.3 is 0 Å². The molecule has 0 atom stereocenters. The molecule has 4 nitrogen and oxygen atoms in total. The molecule has 0 radical (unpaired) electrons. The molecule has 0 saturated heterocycles. The van der Waals surface area contributed by atoms with Gasteiger partial charge in [-0.15, -0.1) is 0 Å². The van der Waals surface area contributed by atoms with Crippen LogP contribution in [-0.2, 0) is 6.42 Å². The van der Waals surface area contributed by atoms with E-state index in [0.29, 0.717) is 11.5 Å². The second-order valence-corrected chi connectivity index (χ2v) is 4.41. The number of nitrogens with zero attached hydrogens (tertiary/aromatic N) is 2. The molecule has 0 unspecified atom stereocenters. The van der Waals surface area contributed by atoms with Gasteiger partial charge in [0.1, 0.15) is 11.5 Å². The van der Waals surface area contributed by atoms with Crippen LogP contribution in [0, 0.1) is 13.8 Å². The first-order valence-corrected chi connectivity index (χ1v) is 6.31. The summed E-state index contributed by atoms with van der Waals surface area (Å²) in [4.78, 5) is 20.3. The normalized spacial score (nSPS) is 10.3. The molecule has 0 aliphatic carbocycles. The lowest BCUT2D eigenvalue weighted by atomic mass is 10.1. The molecule has 0 saturated carbocycles. The van der Waals surface area contributed by atoms with Crippen molar-refractivity contribution >= 4 is 11.6 Å². The Bertz CT molecular complexity index is 608. The van der Waals surface area contributed by atoms with Crippen LogP contribution in [0.5, 0.6) is 0 Å². The van der Waals surface area contributed by atoms with Crippen LogP contribution in [-0.4, -0.2) is 15.9 Å². The topological polar surface area (TPSA) is 54.9 Å². The molecule has 0 fully saturated rings. The maximum Gasteiger partial charge on any atom is 0.274 e. The number of carbonyl (C=O) groups excluding carboxylic acids is 1. The van der Waals surface area contributed by atoms with E-state index in [-0.39, 0.29) is 5.91 Å². The molecule has 1 heterocycles. The highest BCUT2D eigenvalue weighted by molar-refractivity contribution is 6.03. The van der Waals surface area contributed by atoms with Gasteiger partial charge in [-0.3, -0.25) is 4.79 Å². The second kappa shape index (κ2) is 5.61. The predicted octanol–water partition coefficient (Wildman–Crippen LogP) is 2.91. The first-order chi connectivity index (χ1) is 9.11. The largest absolute Gasteiger partial charge is 0.320 e. The highest BCUT2D eigenvalue weighted by atomic mass is 16.1. The van der Waals surface area contributed by atoms with Gasteiger partial charge < -0.3 is 5.32 Å². The molecule has 2 aromatic rings. The number of anilines is 1. The SMILES string of the molecule is CCc1cccc(C)c1NC(=O)c1ccnc(C)n1. The summed E-state index contributed by atoms with van der Waals surface area (Å²) >= 11 is 0. The van der Waals surface area contributed by atoms with Gasteiger partial charge in [-0.2, -0.15) is 0 Å². The zero-order valence-electron chi connectivity index (χ0n) is 11.4. The Labute approximate surface area is 112 Å². The maximum atomic E-state index is 12.2. The van der Waals surface area contributed by atoms with Crippen molar-refractivity contribution in [2.45, 2.75) is 27.2 Å². The highest BCUT2D eigenvalue weighted by Gasteiger charge is 2.11. The van der Waals surface area contributed by atoms with Crippen molar-refractivity contribution in [3.8, 4) is 0 Å². The van der Waals surface area contributed by atoms with Crippen molar-refractivity contribution in [1.82, 2.24) is 9.97 Å². The Morgan fingerprint density at radius 3 is 2.74 bits per heavy atom. The number of nitrogens with one attached hydrogen (secondary N) is 1. The van der Waals surface area contributed by atoms with Gasteiger partial charge in [-0.25, -0.2) is 9.97 Å². The molecular weight excluding hydrogens is 238 g/mol. The van der Waals surface area contributed by atoms with Crippen LogP contribution in [0.1, 0.15) is 34.4 Å². The fraction of sp³-hybridized carbons (Fsp3) is 0.267. The standard InChI is InChI=1S/C15H17N3O/c1-4-12-7-5-6-10(2)14(12)18-15(19)13-8-9-16-11(3)17-13/h5-9H,4H2,1-3H3,(H,18,19). The molecule has 0 aliphatic heterocycles. The zero-order chi connectivity index (χ0) is 13.8. The van der Waals surface area contributed by atoms with Crippen molar-refractivity contribution in [3.63, 3.8) is 0 Å². The van der Waals surface area contributed by atoms with Crippen molar-refractivity contribution in [2.24, 2.45) is 0 Å². The van der Waals surface area contributed by atoms with Gasteiger partial charge in [0.2, 0.25) is 0 Å². The Kier molecular flexibility index (Phi) is 3.90. The van der Waals surface area contributed by atoms with Crippen LogP contribution in [0.3, 0.4) is 0 Å². The third kappa shape index (κ3) is 2.96. The van der Waals surface area contributed by atoms with Gasteiger partial charge in [0.25, 0.3) is 5.91 Å². The smallest absolute Gasteiger partial charge is 0.274 e. The highest BCUT2D eigenvalue weighted by Crippen LogP contribution is 2.21. The number of amides is 1. The first-order valence-electron chi connectivity index (χ1n) is 6.31. The Morgan fingerprint density at radius 2 is 2.05 bits per heavy atom. The molecule has 19 heavy (non-hydrogen) atoms. The average Bonchev–Trinajstić information content (AvgIpc) is 2.41. The maximum absolute atomic E-state index is 12.2. The summed E-state index contributed by atoms with van der Waals surface area (Å²) < 4.78 is 0. The lowest BCUT2D eigenvalue weighted by molar-refractivity contribution is 0.102. The van der Waals surface area contributed by atoms with Crippen LogP contribution < -0.4 is 5.32 Å². The second-order valence-electron chi connectivity index (χ2n) is 4.41. The predicted molar refractivity (Wildman–Crippen MR) is 75.3 cm³/mol. The summed E-state index contributed by atoms with van der Waals surface area (Å²) in [6.45, 7) is 5.82. The average molecular weight is 255 g/mol. The third-order valence-electron chi connectivity index (χ3n) is 2.99. The molecule has 1 aromatic carbocycles. The van der Waals surface area contributed by atoms with Crippen LogP contribution in [0.15, 0.2) is 30.5 Å². The van der Waals surface area contributed by atoms with E-state index in [4.69, 9.17) is 0 Å². The molecule has 0 aliphatic rings. The number of hydrogen-bond donors (Lipinski definition) is 1. The Morgan fingerprint density at radius 1 is 1.26 bits per heavy atom. The summed E-state index contributed by atoms with van der Waals surface area (Å²) in [5.41, 5.74) is 3.45. The van der Waals surface area contributed by atoms with Crippen molar-refractivity contribution in [3.05, 3.63) is 53.1 Å². The number of aryl methyl sites for hydroxylation is 3. The van der Waals surface area contributed by atoms with E-state index in [1.54, 1.807) is 19.2 Å². The fourth-order valence-corrected chi connectivity index (χ4v) is 1.96. The van der Waals surface area contributed by atoms with E-state index in [1.165, 1.54) is 0 Å². The first kappa shape index (κ1) is 13.2. The number of para-hydroxylation sites is 1. The zero-order valence-corrected chi connectivity index (χ0v) is 11.4. The molecule has 2 rings (SSSR count). The number of aromatic nitrogens is 2. The van der Waals surface area contributed by atoms with Crippen molar-refractivity contribution in [2.75, 3.05) is 5.32 Å². The summed E-state index contributed by atoms with van der Waals surface area (Å²) in [5.74, 6) is 0.391. The molecule has 4 heteroatoms. The van der Waals surface area contributed by atoms with Gasteiger partial charge in [0.15, 0.2) is 0 Å².